The second-order valence-corrected chi connectivity index (χ2v) is 5.77. The molecule has 0 bridgehead atoms. The van der Waals surface area contributed by atoms with Crippen molar-refractivity contribution >= 4 is 11.7 Å². The number of aliphatic hydroxyl groups is 1. The van der Waals surface area contributed by atoms with Gasteiger partial charge in [-0.05, 0) is 36.6 Å². The Morgan fingerprint density at radius 2 is 1.95 bits per heavy atom. The third-order valence-electron chi connectivity index (χ3n) is 4.20. The number of carbonyl (C=O) groups excluding carboxylic acids is 1. The fraction of sp³-hybridized carbons (Fsp3) is 0.375. The van der Waals surface area contributed by atoms with Gasteiger partial charge < -0.3 is 15.7 Å². The Hall–Kier alpha value is -2.34. The zero-order valence-corrected chi connectivity index (χ0v) is 12.3. The van der Waals surface area contributed by atoms with Gasteiger partial charge in [0.25, 0.3) is 0 Å². The molecule has 1 fully saturated rings. The molecule has 0 unspecified atom stereocenters. The van der Waals surface area contributed by atoms with Gasteiger partial charge in [-0.2, -0.15) is 5.10 Å². The fourth-order valence-corrected chi connectivity index (χ4v) is 2.93. The lowest BCUT2D eigenvalue weighted by Gasteiger charge is -2.27. The van der Waals surface area contributed by atoms with E-state index in [0.717, 1.165) is 36.9 Å². The highest BCUT2D eigenvalue weighted by Crippen LogP contribution is 2.29. The van der Waals surface area contributed by atoms with Crippen LogP contribution >= 0.6 is 0 Å². The SMILES string of the molecule is O=C(Nc1ccc(-c2ccn[nH]2)cc1)NC1(CO)CCCC1. The molecule has 1 aromatic heterocycles. The molecule has 3 rings (SSSR count). The molecule has 1 aromatic carbocycles. The van der Waals surface area contributed by atoms with Crippen LogP contribution in [0.15, 0.2) is 36.5 Å². The van der Waals surface area contributed by atoms with E-state index in [-0.39, 0.29) is 12.6 Å². The maximum atomic E-state index is 12.1. The number of carbonyl (C=O) groups is 1. The fourth-order valence-electron chi connectivity index (χ4n) is 2.93. The van der Waals surface area contributed by atoms with Crippen LogP contribution < -0.4 is 10.6 Å². The van der Waals surface area contributed by atoms with Gasteiger partial charge in [0.2, 0.25) is 0 Å². The first-order valence-electron chi connectivity index (χ1n) is 7.51. The topological polar surface area (TPSA) is 90.0 Å². The van der Waals surface area contributed by atoms with Crippen LogP contribution in [0.4, 0.5) is 10.5 Å². The van der Waals surface area contributed by atoms with Crippen LogP contribution in [0.2, 0.25) is 0 Å². The minimum Gasteiger partial charge on any atom is -0.394 e. The number of anilines is 1. The van der Waals surface area contributed by atoms with Crippen molar-refractivity contribution in [2.45, 2.75) is 31.2 Å². The van der Waals surface area contributed by atoms with E-state index in [1.807, 2.05) is 30.3 Å². The summed E-state index contributed by atoms with van der Waals surface area (Å²) in [6.45, 7) is -0.0147. The van der Waals surface area contributed by atoms with Gasteiger partial charge in [-0.1, -0.05) is 25.0 Å². The highest BCUT2D eigenvalue weighted by atomic mass is 16.3. The number of hydrogen-bond donors (Lipinski definition) is 4. The molecule has 22 heavy (non-hydrogen) atoms. The Morgan fingerprint density at radius 3 is 2.55 bits per heavy atom. The molecule has 116 valence electrons. The van der Waals surface area contributed by atoms with Crippen LogP contribution in [-0.2, 0) is 0 Å². The number of aliphatic hydroxyl groups excluding tert-OH is 1. The lowest BCUT2D eigenvalue weighted by Crippen LogP contribution is -2.50. The number of aromatic nitrogens is 2. The molecule has 0 spiro atoms. The number of rotatable bonds is 4. The molecular weight excluding hydrogens is 280 g/mol. The van der Waals surface area contributed by atoms with E-state index in [4.69, 9.17) is 0 Å². The van der Waals surface area contributed by atoms with E-state index >= 15 is 0 Å². The van der Waals surface area contributed by atoms with Crippen molar-refractivity contribution in [1.82, 2.24) is 15.5 Å². The molecule has 0 atom stereocenters. The summed E-state index contributed by atoms with van der Waals surface area (Å²) in [4.78, 5) is 12.1. The summed E-state index contributed by atoms with van der Waals surface area (Å²) in [6, 6.07) is 9.14. The maximum absolute atomic E-state index is 12.1. The average molecular weight is 300 g/mol. The van der Waals surface area contributed by atoms with Gasteiger partial charge >= 0.3 is 6.03 Å². The predicted octanol–water partition coefficient (Wildman–Crippen LogP) is 2.50. The number of nitrogens with zero attached hydrogens (tertiary/aromatic N) is 1. The largest absolute Gasteiger partial charge is 0.394 e. The molecule has 1 heterocycles. The molecule has 0 radical (unpaired) electrons. The molecule has 6 heteroatoms. The first-order valence-corrected chi connectivity index (χ1v) is 7.51. The van der Waals surface area contributed by atoms with Crippen LogP contribution in [0.25, 0.3) is 11.3 Å². The number of urea groups is 1. The van der Waals surface area contributed by atoms with Crippen molar-refractivity contribution in [2.24, 2.45) is 0 Å². The summed E-state index contributed by atoms with van der Waals surface area (Å²) < 4.78 is 0. The Kier molecular flexibility index (Phi) is 4.11. The third kappa shape index (κ3) is 3.12. The second-order valence-electron chi connectivity index (χ2n) is 5.77. The first kappa shape index (κ1) is 14.6. The Morgan fingerprint density at radius 1 is 1.23 bits per heavy atom. The quantitative estimate of drug-likeness (QED) is 0.699. The van der Waals surface area contributed by atoms with Gasteiger partial charge in [0.15, 0.2) is 0 Å². The molecule has 4 N–H and O–H groups in total. The second kappa shape index (κ2) is 6.19. The van der Waals surface area contributed by atoms with Gasteiger partial charge in [0.1, 0.15) is 0 Å². The Bertz CT molecular complexity index is 616. The minimum atomic E-state index is -0.458. The highest BCUT2D eigenvalue weighted by molar-refractivity contribution is 5.90. The molecule has 2 amide bonds. The van der Waals surface area contributed by atoms with Crippen molar-refractivity contribution in [3.05, 3.63) is 36.5 Å². The maximum Gasteiger partial charge on any atom is 0.319 e. The standard InChI is InChI=1S/C16H20N4O2/c21-11-16(8-1-2-9-16)19-15(22)18-13-5-3-12(4-6-13)14-7-10-17-20-14/h3-7,10,21H,1-2,8-9,11H2,(H,17,20)(H2,18,19,22). The molecule has 0 aliphatic heterocycles. The van der Waals surface area contributed by atoms with Crippen molar-refractivity contribution in [1.29, 1.82) is 0 Å². The summed E-state index contributed by atoms with van der Waals surface area (Å²) in [7, 11) is 0. The Balaban J connectivity index is 1.62. The molecule has 2 aromatic rings. The predicted molar refractivity (Wildman–Crippen MR) is 84.5 cm³/mol. The highest BCUT2D eigenvalue weighted by Gasteiger charge is 2.34. The zero-order chi connectivity index (χ0) is 15.4. The van der Waals surface area contributed by atoms with Gasteiger partial charge in [0, 0.05) is 11.9 Å². The molecule has 1 aliphatic rings. The van der Waals surface area contributed by atoms with Crippen LogP contribution in [0.1, 0.15) is 25.7 Å². The van der Waals surface area contributed by atoms with E-state index in [1.165, 1.54) is 0 Å². The Labute approximate surface area is 128 Å². The van der Waals surface area contributed by atoms with Crippen LogP contribution in [-0.4, -0.2) is 33.5 Å². The molecule has 0 saturated heterocycles. The average Bonchev–Trinajstić information content (AvgIpc) is 3.20. The van der Waals surface area contributed by atoms with Crippen molar-refractivity contribution in [2.75, 3.05) is 11.9 Å². The summed E-state index contributed by atoms with van der Waals surface area (Å²) in [5, 5.41) is 22.1. The number of aromatic amines is 1. The van der Waals surface area contributed by atoms with Gasteiger partial charge in [-0.25, -0.2) is 4.79 Å². The van der Waals surface area contributed by atoms with Crippen LogP contribution in [0, 0.1) is 0 Å². The van der Waals surface area contributed by atoms with E-state index in [1.54, 1.807) is 6.20 Å². The number of amides is 2. The number of benzene rings is 1. The summed E-state index contributed by atoms with van der Waals surface area (Å²) in [6.07, 6.45) is 5.44. The van der Waals surface area contributed by atoms with E-state index in [9.17, 15) is 9.90 Å². The molecule has 1 saturated carbocycles. The lowest BCUT2D eigenvalue weighted by molar-refractivity contribution is 0.167. The van der Waals surface area contributed by atoms with Crippen LogP contribution in [0.5, 0.6) is 0 Å². The minimum absolute atomic E-state index is 0.0147. The summed E-state index contributed by atoms with van der Waals surface area (Å²) in [5.41, 5.74) is 2.19. The van der Waals surface area contributed by atoms with Gasteiger partial charge in [-0.3, -0.25) is 5.10 Å². The number of nitrogens with one attached hydrogen (secondary N) is 3. The monoisotopic (exact) mass is 300 g/mol. The first-order chi connectivity index (χ1) is 10.7. The van der Waals surface area contributed by atoms with E-state index in [2.05, 4.69) is 20.8 Å². The molecule has 1 aliphatic carbocycles. The molecule has 6 nitrogen and oxygen atoms in total. The normalized spacial score (nSPS) is 16.4. The third-order valence-corrected chi connectivity index (χ3v) is 4.20. The smallest absolute Gasteiger partial charge is 0.319 e. The number of H-pyrrole nitrogens is 1. The van der Waals surface area contributed by atoms with Crippen LogP contribution in [0.3, 0.4) is 0 Å². The van der Waals surface area contributed by atoms with Crippen molar-refractivity contribution in [3.8, 4) is 11.3 Å². The van der Waals surface area contributed by atoms with Crippen molar-refractivity contribution < 1.29 is 9.90 Å². The van der Waals surface area contributed by atoms with Crippen molar-refractivity contribution in [3.63, 3.8) is 0 Å². The van der Waals surface area contributed by atoms with Gasteiger partial charge in [-0.15, -0.1) is 0 Å². The van der Waals surface area contributed by atoms with Gasteiger partial charge in [0.05, 0.1) is 17.8 Å². The number of hydrogen-bond acceptors (Lipinski definition) is 3. The lowest BCUT2D eigenvalue weighted by atomic mass is 9.99. The summed E-state index contributed by atoms with van der Waals surface area (Å²) in [5.74, 6) is 0. The van der Waals surface area contributed by atoms with E-state index in [0.29, 0.717) is 5.69 Å². The van der Waals surface area contributed by atoms with E-state index < -0.39 is 5.54 Å². The zero-order valence-electron chi connectivity index (χ0n) is 12.3. The molecular formula is C16H20N4O2. The summed E-state index contributed by atoms with van der Waals surface area (Å²) >= 11 is 0.